The molecule has 0 bridgehead atoms. The maximum atomic E-state index is 12.6. The van der Waals surface area contributed by atoms with Crippen molar-refractivity contribution in [3.8, 4) is 0 Å². The minimum absolute atomic E-state index is 0.113. The molecule has 0 saturated heterocycles. The van der Waals surface area contributed by atoms with Crippen LogP contribution >= 0.6 is 22.9 Å². The van der Waals surface area contributed by atoms with Gasteiger partial charge in [0.1, 0.15) is 4.88 Å². The average molecular weight is 371 g/mol. The smallest absolute Gasteiger partial charge is 0.267 e. The summed E-state index contributed by atoms with van der Waals surface area (Å²) in [5, 5.41) is 7.10. The molecule has 1 aromatic heterocycles. The van der Waals surface area contributed by atoms with Crippen LogP contribution in [-0.2, 0) is 0 Å². The summed E-state index contributed by atoms with van der Waals surface area (Å²) < 4.78 is 0.968. The molecule has 0 unspecified atom stereocenters. The van der Waals surface area contributed by atoms with Gasteiger partial charge in [0.05, 0.1) is 5.02 Å². The molecule has 0 atom stereocenters. The zero-order chi connectivity index (χ0) is 17.4. The van der Waals surface area contributed by atoms with Crippen molar-refractivity contribution in [3.05, 3.63) is 64.0 Å². The first-order valence-corrected chi connectivity index (χ1v) is 9.20. The second-order valence-electron chi connectivity index (χ2n) is 6.02. The number of amides is 2. The molecule has 2 amide bonds. The average Bonchev–Trinajstić information content (AvgIpc) is 3.37. The Bertz CT molecular complexity index is 978. The Labute approximate surface area is 153 Å². The Morgan fingerprint density at radius 1 is 1.04 bits per heavy atom. The van der Waals surface area contributed by atoms with Crippen molar-refractivity contribution in [3.63, 3.8) is 0 Å². The summed E-state index contributed by atoms with van der Waals surface area (Å²) in [5.74, 6) is -0.385. The van der Waals surface area contributed by atoms with Gasteiger partial charge in [-0.2, -0.15) is 0 Å². The Morgan fingerprint density at radius 2 is 1.84 bits per heavy atom. The molecular formula is C19H15ClN2O2S. The van der Waals surface area contributed by atoms with Crippen LogP contribution in [0, 0.1) is 0 Å². The lowest BCUT2D eigenvalue weighted by Gasteiger charge is -2.07. The molecule has 0 aliphatic heterocycles. The van der Waals surface area contributed by atoms with Crippen LogP contribution in [0.2, 0.25) is 5.02 Å². The first-order valence-electron chi connectivity index (χ1n) is 8.01. The lowest BCUT2D eigenvalue weighted by Crippen LogP contribution is -2.25. The molecule has 3 aromatic rings. The molecule has 2 aromatic carbocycles. The van der Waals surface area contributed by atoms with Crippen LogP contribution in [0.5, 0.6) is 0 Å². The monoisotopic (exact) mass is 370 g/mol. The van der Waals surface area contributed by atoms with E-state index in [1.54, 1.807) is 24.3 Å². The maximum Gasteiger partial charge on any atom is 0.267 e. The molecule has 0 spiro atoms. The van der Waals surface area contributed by atoms with E-state index in [4.69, 9.17) is 11.6 Å². The number of fused-ring (bicyclic) bond motifs is 1. The Kier molecular flexibility index (Phi) is 4.19. The van der Waals surface area contributed by atoms with Gasteiger partial charge in [0.25, 0.3) is 11.8 Å². The van der Waals surface area contributed by atoms with Gasteiger partial charge >= 0.3 is 0 Å². The largest absolute Gasteiger partial charge is 0.349 e. The number of hydrogen-bond acceptors (Lipinski definition) is 3. The van der Waals surface area contributed by atoms with E-state index in [1.165, 1.54) is 11.3 Å². The number of benzene rings is 2. The van der Waals surface area contributed by atoms with Crippen LogP contribution in [0.15, 0.2) is 48.5 Å². The van der Waals surface area contributed by atoms with Gasteiger partial charge in [-0.25, -0.2) is 0 Å². The lowest BCUT2D eigenvalue weighted by molar-refractivity contribution is 0.0949. The summed E-state index contributed by atoms with van der Waals surface area (Å²) >= 11 is 7.70. The van der Waals surface area contributed by atoms with Crippen molar-refractivity contribution in [1.29, 1.82) is 0 Å². The molecule has 1 aliphatic carbocycles. The van der Waals surface area contributed by atoms with Crippen molar-refractivity contribution in [2.45, 2.75) is 18.9 Å². The van der Waals surface area contributed by atoms with Gasteiger partial charge in [-0.3, -0.25) is 9.59 Å². The number of carbonyl (C=O) groups is 2. The fourth-order valence-electron chi connectivity index (χ4n) is 2.58. The lowest BCUT2D eigenvalue weighted by atomic mass is 10.2. The van der Waals surface area contributed by atoms with Gasteiger partial charge in [0, 0.05) is 27.4 Å². The highest BCUT2D eigenvalue weighted by molar-refractivity contribution is 7.21. The number of carbonyl (C=O) groups excluding carboxylic acids is 2. The van der Waals surface area contributed by atoms with Gasteiger partial charge in [-0.15, -0.1) is 11.3 Å². The summed E-state index contributed by atoms with van der Waals surface area (Å²) in [6.07, 6.45) is 2.07. The van der Waals surface area contributed by atoms with E-state index in [9.17, 15) is 9.59 Å². The molecule has 6 heteroatoms. The molecule has 1 aliphatic rings. The standard InChI is InChI=1S/C19H15ClN2O2S/c20-16-14-6-1-2-7-15(14)25-17(16)19(24)22-13-5-3-4-11(10-13)18(23)21-12-8-9-12/h1-7,10,12H,8-9H2,(H,21,23)(H,22,24). The topological polar surface area (TPSA) is 58.2 Å². The fourth-order valence-corrected chi connectivity index (χ4v) is 3.99. The molecule has 4 rings (SSSR count). The SMILES string of the molecule is O=C(NC1CC1)c1cccc(NC(=O)c2sc3ccccc3c2Cl)c1. The molecule has 1 heterocycles. The predicted molar refractivity (Wildman–Crippen MR) is 102 cm³/mol. The van der Waals surface area contributed by atoms with Crippen molar-refractivity contribution in [1.82, 2.24) is 5.32 Å². The van der Waals surface area contributed by atoms with Crippen molar-refractivity contribution < 1.29 is 9.59 Å². The molecule has 2 N–H and O–H groups in total. The number of thiophene rings is 1. The quantitative estimate of drug-likeness (QED) is 0.699. The number of nitrogens with one attached hydrogen (secondary N) is 2. The zero-order valence-corrected chi connectivity index (χ0v) is 14.8. The van der Waals surface area contributed by atoms with Crippen molar-refractivity contribution in [2.75, 3.05) is 5.32 Å². The highest BCUT2D eigenvalue weighted by Crippen LogP contribution is 2.35. The van der Waals surface area contributed by atoms with E-state index in [1.807, 2.05) is 24.3 Å². The highest BCUT2D eigenvalue weighted by atomic mass is 35.5. The fraction of sp³-hybridized carbons (Fsp3) is 0.158. The van der Waals surface area contributed by atoms with E-state index in [0.717, 1.165) is 22.9 Å². The van der Waals surface area contributed by atoms with Crippen LogP contribution in [0.4, 0.5) is 5.69 Å². The molecule has 4 nitrogen and oxygen atoms in total. The Hall–Kier alpha value is -2.37. The summed E-state index contributed by atoms with van der Waals surface area (Å²) in [6.45, 7) is 0. The molecular weight excluding hydrogens is 356 g/mol. The third-order valence-corrected chi connectivity index (χ3v) is 5.71. The normalized spacial score (nSPS) is 13.6. The molecule has 0 radical (unpaired) electrons. The van der Waals surface area contributed by atoms with Gasteiger partial charge in [0.2, 0.25) is 0 Å². The first kappa shape index (κ1) is 16.1. The Balaban J connectivity index is 1.55. The van der Waals surface area contributed by atoms with Crippen molar-refractivity contribution in [2.24, 2.45) is 0 Å². The number of halogens is 1. The van der Waals surface area contributed by atoms with E-state index in [2.05, 4.69) is 10.6 Å². The zero-order valence-electron chi connectivity index (χ0n) is 13.2. The van der Waals surface area contributed by atoms with E-state index < -0.39 is 0 Å². The molecule has 126 valence electrons. The number of hydrogen-bond donors (Lipinski definition) is 2. The van der Waals surface area contributed by atoms with Crippen LogP contribution in [0.1, 0.15) is 32.9 Å². The van der Waals surface area contributed by atoms with Crippen LogP contribution in [0.25, 0.3) is 10.1 Å². The van der Waals surface area contributed by atoms with E-state index >= 15 is 0 Å². The number of rotatable bonds is 4. The third-order valence-electron chi connectivity index (χ3n) is 4.04. The predicted octanol–water partition coefficient (Wildman–Crippen LogP) is 4.70. The number of anilines is 1. The van der Waals surface area contributed by atoms with Crippen molar-refractivity contribution >= 4 is 50.5 Å². The summed E-state index contributed by atoms with van der Waals surface area (Å²) in [6, 6.07) is 14.9. The summed E-state index contributed by atoms with van der Waals surface area (Å²) in [7, 11) is 0. The third kappa shape index (κ3) is 3.38. The van der Waals surface area contributed by atoms with Crippen LogP contribution in [-0.4, -0.2) is 17.9 Å². The molecule has 25 heavy (non-hydrogen) atoms. The van der Waals surface area contributed by atoms with Crippen LogP contribution in [0.3, 0.4) is 0 Å². The minimum atomic E-state index is -0.272. The van der Waals surface area contributed by atoms with Gasteiger partial charge in [0.15, 0.2) is 0 Å². The molecule has 1 saturated carbocycles. The first-order chi connectivity index (χ1) is 12.1. The van der Waals surface area contributed by atoms with E-state index in [0.29, 0.717) is 27.2 Å². The van der Waals surface area contributed by atoms with Gasteiger partial charge in [-0.1, -0.05) is 35.9 Å². The van der Waals surface area contributed by atoms with Gasteiger partial charge < -0.3 is 10.6 Å². The van der Waals surface area contributed by atoms with Gasteiger partial charge in [-0.05, 0) is 37.1 Å². The highest BCUT2D eigenvalue weighted by Gasteiger charge is 2.24. The Morgan fingerprint density at radius 3 is 2.60 bits per heavy atom. The second kappa shape index (κ2) is 6.50. The summed E-state index contributed by atoms with van der Waals surface area (Å²) in [5.41, 5.74) is 1.11. The molecule has 1 fully saturated rings. The summed E-state index contributed by atoms with van der Waals surface area (Å²) in [4.78, 5) is 25.2. The second-order valence-corrected chi connectivity index (χ2v) is 7.45. The van der Waals surface area contributed by atoms with E-state index in [-0.39, 0.29) is 11.8 Å². The van der Waals surface area contributed by atoms with Crippen LogP contribution < -0.4 is 10.6 Å². The minimum Gasteiger partial charge on any atom is -0.349 e. The maximum absolute atomic E-state index is 12.6.